The summed E-state index contributed by atoms with van der Waals surface area (Å²) in [5, 5.41) is 3.60. The molecule has 0 spiro atoms. The highest BCUT2D eigenvalue weighted by molar-refractivity contribution is 9.11. The molecule has 2 nitrogen and oxygen atoms in total. The van der Waals surface area contributed by atoms with Gasteiger partial charge in [0, 0.05) is 28.1 Å². The zero-order chi connectivity index (χ0) is 12.3. The Kier molecular flexibility index (Phi) is 4.88. The van der Waals surface area contributed by atoms with Gasteiger partial charge in [-0.05, 0) is 63.4 Å². The van der Waals surface area contributed by atoms with Crippen LogP contribution in [0.5, 0.6) is 0 Å². The molecule has 0 aromatic heterocycles. The number of hydrogen-bond donors (Lipinski definition) is 1. The van der Waals surface area contributed by atoms with Crippen LogP contribution in [0.15, 0.2) is 27.1 Å². The van der Waals surface area contributed by atoms with Gasteiger partial charge < -0.3 is 10.2 Å². The van der Waals surface area contributed by atoms with Crippen LogP contribution in [-0.4, -0.2) is 25.7 Å². The molecule has 1 aromatic carbocycles. The first kappa shape index (κ1) is 13.4. The molecular weight excluding hydrogens is 344 g/mol. The van der Waals surface area contributed by atoms with Gasteiger partial charge in [0.1, 0.15) is 0 Å². The Hall–Kier alpha value is -0.0600. The minimum Gasteiger partial charge on any atom is -0.368 e. The van der Waals surface area contributed by atoms with E-state index < -0.39 is 0 Å². The Bertz CT molecular complexity index is 361. The van der Waals surface area contributed by atoms with Crippen LogP contribution in [0.1, 0.15) is 19.8 Å². The highest BCUT2D eigenvalue weighted by Crippen LogP contribution is 2.35. The summed E-state index contributed by atoms with van der Waals surface area (Å²) in [7, 11) is 0. The summed E-state index contributed by atoms with van der Waals surface area (Å²) in [5.74, 6) is 0. The van der Waals surface area contributed by atoms with Gasteiger partial charge in [-0.25, -0.2) is 0 Å². The molecule has 4 heteroatoms. The van der Waals surface area contributed by atoms with Crippen LogP contribution < -0.4 is 10.2 Å². The lowest BCUT2D eigenvalue weighted by molar-refractivity contribution is 0.549. The molecule has 2 rings (SSSR count). The van der Waals surface area contributed by atoms with Crippen molar-refractivity contribution < 1.29 is 0 Å². The molecule has 1 heterocycles. The number of rotatable bonds is 4. The van der Waals surface area contributed by atoms with Gasteiger partial charge in [-0.2, -0.15) is 0 Å². The fraction of sp³-hybridized carbons (Fsp3) is 0.538. The van der Waals surface area contributed by atoms with Crippen molar-refractivity contribution in [3.8, 4) is 0 Å². The van der Waals surface area contributed by atoms with Gasteiger partial charge in [-0.3, -0.25) is 0 Å². The maximum Gasteiger partial charge on any atom is 0.0655 e. The summed E-state index contributed by atoms with van der Waals surface area (Å²) in [4.78, 5) is 2.45. The van der Waals surface area contributed by atoms with Crippen molar-refractivity contribution >= 4 is 37.5 Å². The molecule has 0 radical (unpaired) electrons. The van der Waals surface area contributed by atoms with E-state index in [1.807, 2.05) is 0 Å². The summed E-state index contributed by atoms with van der Waals surface area (Å²) in [6, 6.07) is 6.90. The quantitative estimate of drug-likeness (QED) is 0.877. The third-order valence-electron chi connectivity index (χ3n) is 3.13. The standard InChI is InChI=1S/C13H18Br2N2/c1-2-7-16-10-6-8-17(9-10)13-11(14)4-3-5-12(13)15/h3-5,10,16H,2,6-9H2,1H3. The minimum absolute atomic E-state index is 0.633. The van der Waals surface area contributed by atoms with Gasteiger partial charge in [-0.1, -0.05) is 13.0 Å². The maximum absolute atomic E-state index is 3.64. The van der Waals surface area contributed by atoms with Crippen LogP contribution in [0.25, 0.3) is 0 Å². The minimum atomic E-state index is 0.633. The highest BCUT2D eigenvalue weighted by atomic mass is 79.9. The first-order valence-corrected chi connectivity index (χ1v) is 7.73. The Morgan fingerprint density at radius 2 is 2.06 bits per heavy atom. The van der Waals surface area contributed by atoms with Gasteiger partial charge in [0.05, 0.1) is 5.69 Å². The predicted octanol–water partition coefficient (Wildman–Crippen LogP) is 3.79. The van der Waals surface area contributed by atoms with Crippen LogP contribution in [-0.2, 0) is 0 Å². The summed E-state index contributed by atoms with van der Waals surface area (Å²) < 4.78 is 2.34. The van der Waals surface area contributed by atoms with Crippen LogP contribution in [0.3, 0.4) is 0 Å². The monoisotopic (exact) mass is 360 g/mol. The molecule has 0 bridgehead atoms. The number of halogens is 2. The molecule has 0 saturated carbocycles. The third-order valence-corrected chi connectivity index (χ3v) is 4.40. The fourth-order valence-electron chi connectivity index (χ4n) is 2.27. The highest BCUT2D eigenvalue weighted by Gasteiger charge is 2.24. The molecule has 1 aliphatic heterocycles. The maximum atomic E-state index is 3.64. The van der Waals surface area contributed by atoms with E-state index in [2.05, 4.69) is 67.2 Å². The first-order valence-electron chi connectivity index (χ1n) is 6.14. The normalized spacial score (nSPS) is 19.9. The van der Waals surface area contributed by atoms with Crippen molar-refractivity contribution in [1.29, 1.82) is 0 Å². The molecule has 17 heavy (non-hydrogen) atoms. The molecule has 94 valence electrons. The predicted molar refractivity (Wildman–Crippen MR) is 80.8 cm³/mol. The summed E-state index contributed by atoms with van der Waals surface area (Å²) in [6.07, 6.45) is 2.43. The summed E-state index contributed by atoms with van der Waals surface area (Å²) >= 11 is 7.28. The Labute approximate surface area is 120 Å². The number of nitrogens with one attached hydrogen (secondary N) is 1. The van der Waals surface area contributed by atoms with E-state index in [1.165, 1.54) is 27.5 Å². The number of hydrogen-bond acceptors (Lipinski definition) is 2. The SMILES string of the molecule is CCCNC1CCN(c2c(Br)cccc2Br)C1. The lowest BCUT2D eigenvalue weighted by atomic mass is 10.2. The molecule has 1 aliphatic rings. The number of benzene rings is 1. The zero-order valence-electron chi connectivity index (χ0n) is 10.0. The van der Waals surface area contributed by atoms with Crippen LogP contribution >= 0.6 is 31.9 Å². The fourth-order valence-corrected chi connectivity index (χ4v) is 3.77. The second-order valence-corrected chi connectivity index (χ2v) is 6.16. The van der Waals surface area contributed by atoms with Gasteiger partial charge in [-0.15, -0.1) is 0 Å². The van der Waals surface area contributed by atoms with Crippen molar-refractivity contribution in [1.82, 2.24) is 5.32 Å². The lowest BCUT2D eigenvalue weighted by Gasteiger charge is -2.22. The van der Waals surface area contributed by atoms with Gasteiger partial charge >= 0.3 is 0 Å². The molecule has 1 aromatic rings. The summed E-state index contributed by atoms with van der Waals surface area (Å²) in [6.45, 7) is 5.56. The van der Waals surface area contributed by atoms with E-state index in [0.717, 1.165) is 19.6 Å². The van der Waals surface area contributed by atoms with Gasteiger partial charge in [0.15, 0.2) is 0 Å². The lowest BCUT2D eigenvalue weighted by Crippen LogP contribution is -2.33. The molecule has 1 saturated heterocycles. The average molecular weight is 362 g/mol. The number of nitrogens with zero attached hydrogens (tertiary/aromatic N) is 1. The molecule has 1 fully saturated rings. The Morgan fingerprint density at radius 3 is 2.71 bits per heavy atom. The van der Waals surface area contributed by atoms with E-state index >= 15 is 0 Å². The molecule has 0 aliphatic carbocycles. The average Bonchev–Trinajstić information content (AvgIpc) is 2.75. The van der Waals surface area contributed by atoms with Crippen LogP contribution in [0, 0.1) is 0 Å². The van der Waals surface area contributed by atoms with E-state index in [0.29, 0.717) is 6.04 Å². The molecule has 0 amide bonds. The van der Waals surface area contributed by atoms with Crippen LogP contribution in [0.2, 0.25) is 0 Å². The van der Waals surface area contributed by atoms with E-state index in [1.54, 1.807) is 0 Å². The molecular formula is C13H18Br2N2. The van der Waals surface area contributed by atoms with Crippen molar-refractivity contribution in [2.24, 2.45) is 0 Å². The van der Waals surface area contributed by atoms with E-state index in [4.69, 9.17) is 0 Å². The smallest absolute Gasteiger partial charge is 0.0655 e. The Balaban J connectivity index is 2.05. The van der Waals surface area contributed by atoms with Crippen molar-refractivity contribution in [2.45, 2.75) is 25.8 Å². The van der Waals surface area contributed by atoms with Gasteiger partial charge in [0.2, 0.25) is 0 Å². The van der Waals surface area contributed by atoms with Gasteiger partial charge in [0.25, 0.3) is 0 Å². The van der Waals surface area contributed by atoms with E-state index in [-0.39, 0.29) is 0 Å². The topological polar surface area (TPSA) is 15.3 Å². The summed E-state index contributed by atoms with van der Waals surface area (Å²) in [5.41, 5.74) is 1.29. The van der Waals surface area contributed by atoms with Crippen LogP contribution in [0.4, 0.5) is 5.69 Å². The number of anilines is 1. The van der Waals surface area contributed by atoms with Crippen molar-refractivity contribution in [3.05, 3.63) is 27.1 Å². The molecule has 1 atom stereocenters. The van der Waals surface area contributed by atoms with E-state index in [9.17, 15) is 0 Å². The van der Waals surface area contributed by atoms with Crippen molar-refractivity contribution in [2.75, 3.05) is 24.5 Å². The molecule has 1 unspecified atom stereocenters. The third kappa shape index (κ3) is 3.24. The first-order chi connectivity index (χ1) is 8.22. The second-order valence-electron chi connectivity index (χ2n) is 4.46. The number of para-hydroxylation sites is 1. The molecule has 1 N–H and O–H groups in total. The second kappa shape index (κ2) is 6.21. The largest absolute Gasteiger partial charge is 0.368 e. The Morgan fingerprint density at radius 1 is 1.35 bits per heavy atom. The van der Waals surface area contributed by atoms with Crippen molar-refractivity contribution in [3.63, 3.8) is 0 Å². The zero-order valence-corrected chi connectivity index (χ0v) is 13.2.